The Morgan fingerprint density at radius 3 is 1.83 bits per heavy atom. The Balaban J connectivity index is 1.84. The maximum Gasteiger partial charge on any atom is 0.241 e. The topological polar surface area (TPSA) is 55.1 Å². The van der Waals surface area contributed by atoms with Gasteiger partial charge in [0.25, 0.3) is 0 Å². The molecular weight excluding hydrogens is 284 g/mol. The maximum absolute atomic E-state index is 12.9. The normalized spacial score (nSPS) is 33.1. The van der Waals surface area contributed by atoms with Crippen LogP contribution in [0.4, 0.5) is 0 Å². The molecule has 2 aromatic carbocycles. The predicted molar refractivity (Wildman–Crippen MR) is 91.0 cm³/mol. The summed E-state index contributed by atoms with van der Waals surface area (Å²) in [5.74, 6) is 0.610. The molecule has 3 aliphatic rings. The van der Waals surface area contributed by atoms with Crippen molar-refractivity contribution in [2.75, 3.05) is 6.54 Å². The Hall–Kier alpha value is -2.13. The second kappa shape index (κ2) is 5.50. The Morgan fingerprint density at radius 2 is 1.35 bits per heavy atom. The number of hydrogen-bond acceptors (Lipinski definition) is 2. The highest BCUT2D eigenvalue weighted by atomic mass is 16.2. The lowest BCUT2D eigenvalue weighted by atomic mass is 9.60. The summed E-state index contributed by atoms with van der Waals surface area (Å²) < 4.78 is 0. The molecule has 2 bridgehead atoms. The zero-order valence-electron chi connectivity index (χ0n) is 13.1. The lowest BCUT2D eigenvalue weighted by molar-refractivity contribution is -0.127. The summed E-state index contributed by atoms with van der Waals surface area (Å²) in [4.78, 5) is 12.9. The fourth-order valence-electron chi connectivity index (χ4n) is 4.46. The van der Waals surface area contributed by atoms with Crippen molar-refractivity contribution in [1.29, 1.82) is 0 Å². The van der Waals surface area contributed by atoms with Gasteiger partial charge in [0.2, 0.25) is 5.91 Å². The van der Waals surface area contributed by atoms with Gasteiger partial charge in [0.05, 0.1) is 0 Å². The van der Waals surface area contributed by atoms with E-state index in [1.54, 1.807) is 0 Å². The minimum absolute atomic E-state index is 0.000191. The monoisotopic (exact) mass is 306 g/mol. The maximum atomic E-state index is 12.9. The number of nitrogens with one attached hydrogen (secondary N) is 1. The van der Waals surface area contributed by atoms with Crippen molar-refractivity contribution in [3.05, 3.63) is 71.8 Å². The summed E-state index contributed by atoms with van der Waals surface area (Å²) in [7, 11) is 0. The number of fused-ring (bicyclic) bond motifs is 4. The molecule has 3 fully saturated rings. The molecule has 2 aromatic rings. The lowest BCUT2D eigenvalue weighted by Crippen LogP contribution is -2.60. The smallest absolute Gasteiger partial charge is 0.241 e. The van der Waals surface area contributed by atoms with Crippen molar-refractivity contribution in [2.24, 2.45) is 11.7 Å². The molecule has 2 saturated heterocycles. The average Bonchev–Trinajstić information content (AvgIpc) is 2.81. The molecule has 3 N–H and O–H groups in total. The van der Waals surface area contributed by atoms with Crippen LogP contribution in [0.2, 0.25) is 0 Å². The second-order valence-corrected chi connectivity index (χ2v) is 6.91. The van der Waals surface area contributed by atoms with E-state index >= 15 is 0 Å². The molecule has 2 aliphatic heterocycles. The van der Waals surface area contributed by atoms with Gasteiger partial charge in [-0.05, 0) is 29.9 Å². The quantitative estimate of drug-likeness (QED) is 0.896. The lowest BCUT2D eigenvalue weighted by Gasteiger charge is -2.45. The molecule has 3 heteroatoms. The Bertz CT molecular complexity index is 649. The number of benzene rings is 2. The van der Waals surface area contributed by atoms with Gasteiger partial charge in [-0.1, -0.05) is 60.7 Å². The van der Waals surface area contributed by atoms with Crippen molar-refractivity contribution in [1.82, 2.24) is 5.32 Å². The van der Waals surface area contributed by atoms with E-state index in [0.29, 0.717) is 5.92 Å². The molecule has 0 aromatic heterocycles. The SMILES string of the molecule is NC12C(=O)NCC(CC1c1ccccc1)CC2c1ccccc1. The first-order valence-electron chi connectivity index (χ1n) is 8.36. The molecule has 3 nitrogen and oxygen atoms in total. The predicted octanol–water partition coefficient (Wildman–Crippen LogP) is 2.79. The molecule has 2 unspecified atom stereocenters. The highest BCUT2D eigenvalue weighted by Crippen LogP contribution is 2.51. The summed E-state index contributed by atoms with van der Waals surface area (Å²) >= 11 is 0. The van der Waals surface area contributed by atoms with E-state index in [9.17, 15) is 4.79 Å². The van der Waals surface area contributed by atoms with Gasteiger partial charge in [-0.2, -0.15) is 0 Å². The van der Waals surface area contributed by atoms with Crippen molar-refractivity contribution >= 4 is 5.91 Å². The summed E-state index contributed by atoms with van der Waals surface area (Å²) in [5.41, 5.74) is 8.36. The summed E-state index contributed by atoms with van der Waals surface area (Å²) in [6, 6.07) is 20.6. The summed E-state index contributed by atoms with van der Waals surface area (Å²) in [6.45, 7) is 0.741. The Morgan fingerprint density at radius 1 is 0.870 bits per heavy atom. The first kappa shape index (κ1) is 14.5. The molecule has 1 aliphatic carbocycles. The van der Waals surface area contributed by atoms with Crippen LogP contribution >= 0.6 is 0 Å². The van der Waals surface area contributed by atoms with Crippen molar-refractivity contribution in [2.45, 2.75) is 30.2 Å². The first-order valence-corrected chi connectivity index (χ1v) is 8.36. The van der Waals surface area contributed by atoms with Gasteiger partial charge in [-0.3, -0.25) is 4.79 Å². The van der Waals surface area contributed by atoms with Gasteiger partial charge in [-0.25, -0.2) is 0 Å². The summed E-state index contributed by atoms with van der Waals surface area (Å²) in [5, 5.41) is 3.08. The molecule has 2 heterocycles. The minimum Gasteiger partial charge on any atom is -0.354 e. The number of carbonyl (C=O) groups is 1. The van der Waals surface area contributed by atoms with Crippen molar-refractivity contribution < 1.29 is 4.79 Å². The number of carbonyl (C=O) groups excluding carboxylic acids is 1. The summed E-state index contributed by atoms with van der Waals surface area (Å²) in [6.07, 6.45) is 1.95. The Labute approximate surface area is 136 Å². The molecule has 2 atom stereocenters. The number of hydrogen-bond donors (Lipinski definition) is 2. The van der Waals surface area contributed by atoms with Crippen LogP contribution in [0.1, 0.15) is 35.8 Å². The highest BCUT2D eigenvalue weighted by molar-refractivity contribution is 5.89. The molecule has 0 spiro atoms. The van der Waals surface area contributed by atoms with Gasteiger partial charge in [0, 0.05) is 18.4 Å². The van der Waals surface area contributed by atoms with Crippen LogP contribution in [0.5, 0.6) is 0 Å². The van der Waals surface area contributed by atoms with Gasteiger partial charge >= 0.3 is 0 Å². The number of nitrogens with two attached hydrogens (primary N) is 1. The highest BCUT2D eigenvalue weighted by Gasteiger charge is 2.55. The standard InChI is InChI=1S/C20H22N2O/c21-20-17(15-7-3-1-4-8-15)11-14(13-22-19(20)23)12-18(20)16-9-5-2-6-10-16/h1-10,14,17-18H,11-13,21H2,(H,22,23). The largest absolute Gasteiger partial charge is 0.354 e. The van der Waals surface area contributed by atoms with Gasteiger partial charge in [-0.15, -0.1) is 0 Å². The van der Waals surface area contributed by atoms with E-state index in [1.807, 2.05) is 36.4 Å². The molecular formula is C20H22N2O. The van der Waals surface area contributed by atoms with E-state index in [-0.39, 0.29) is 17.7 Å². The molecule has 23 heavy (non-hydrogen) atoms. The third-order valence-electron chi connectivity index (χ3n) is 5.64. The molecule has 1 amide bonds. The van der Waals surface area contributed by atoms with Crippen molar-refractivity contribution in [3.8, 4) is 0 Å². The third kappa shape index (κ3) is 2.27. The number of amides is 1. The van der Waals surface area contributed by atoms with Gasteiger partial charge in [0.15, 0.2) is 0 Å². The van der Waals surface area contributed by atoms with Crippen LogP contribution in [0.25, 0.3) is 0 Å². The minimum atomic E-state index is -0.879. The van der Waals surface area contributed by atoms with E-state index in [4.69, 9.17) is 5.73 Å². The average molecular weight is 306 g/mol. The Kier molecular flexibility index (Phi) is 3.46. The second-order valence-electron chi connectivity index (χ2n) is 6.91. The molecule has 1 saturated carbocycles. The molecule has 5 rings (SSSR count). The zero-order chi connectivity index (χ0) is 15.9. The van der Waals surface area contributed by atoms with Crippen LogP contribution < -0.4 is 11.1 Å². The van der Waals surface area contributed by atoms with E-state index in [1.165, 1.54) is 11.1 Å². The fourth-order valence-corrected chi connectivity index (χ4v) is 4.46. The fraction of sp³-hybridized carbons (Fsp3) is 0.350. The third-order valence-corrected chi connectivity index (χ3v) is 5.64. The zero-order valence-corrected chi connectivity index (χ0v) is 13.1. The van der Waals surface area contributed by atoms with Crippen LogP contribution in [0.15, 0.2) is 60.7 Å². The van der Waals surface area contributed by atoms with Crippen LogP contribution in [-0.2, 0) is 4.79 Å². The van der Waals surface area contributed by atoms with E-state index < -0.39 is 5.54 Å². The van der Waals surface area contributed by atoms with Crippen LogP contribution in [0, 0.1) is 5.92 Å². The number of rotatable bonds is 2. The van der Waals surface area contributed by atoms with Crippen LogP contribution in [0.3, 0.4) is 0 Å². The molecule has 118 valence electrons. The van der Waals surface area contributed by atoms with E-state index in [2.05, 4.69) is 29.6 Å². The van der Waals surface area contributed by atoms with E-state index in [0.717, 1.165) is 19.4 Å². The van der Waals surface area contributed by atoms with Crippen LogP contribution in [-0.4, -0.2) is 18.0 Å². The van der Waals surface area contributed by atoms with Gasteiger partial charge in [0.1, 0.15) is 5.54 Å². The van der Waals surface area contributed by atoms with Crippen molar-refractivity contribution in [3.63, 3.8) is 0 Å². The molecule has 0 radical (unpaired) electrons. The first-order chi connectivity index (χ1) is 11.2. The van der Waals surface area contributed by atoms with Gasteiger partial charge < -0.3 is 11.1 Å².